The second-order valence-electron chi connectivity index (χ2n) is 3.90. The molecule has 2 rings (SSSR count). The van der Waals surface area contributed by atoms with Crippen LogP contribution in [0.25, 0.3) is 0 Å². The van der Waals surface area contributed by atoms with Gasteiger partial charge in [0.2, 0.25) is 0 Å². The van der Waals surface area contributed by atoms with Gasteiger partial charge >= 0.3 is 0 Å². The van der Waals surface area contributed by atoms with Gasteiger partial charge in [0.05, 0.1) is 10.0 Å². The summed E-state index contributed by atoms with van der Waals surface area (Å²) in [5.41, 5.74) is 1.29. The first-order valence-corrected chi connectivity index (χ1v) is 6.91. The van der Waals surface area contributed by atoms with Crippen molar-refractivity contribution in [2.45, 2.75) is 6.92 Å². The second kappa shape index (κ2) is 5.90. The number of halogens is 3. The van der Waals surface area contributed by atoms with E-state index in [-0.39, 0.29) is 5.91 Å². The molecule has 0 fully saturated rings. The number of benzene rings is 1. The Bertz CT molecular complexity index is 647. The summed E-state index contributed by atoms with van der Waals surface area (Å²) in [5, 5.41) is 3.48. The predicted octanol–water partition coefficient (Wildman–Crippen LogP) is 4.71. The summed E-state index contributed by atoms with van der Waals surface area (Å²) < 4.78 is 0.859. The molecule has 1 aromatic carbocycles. The molecule has 3 nitrogen and oxygen atoms in total. The quantitative estimate of drug-likeness (QED) is 0.843. The SMILES string of the molecule is Cc1cc(Br)cnc1NC(=O)c1ccc(Cl)c(Cl)c1. The van der Waals surface area contributed by atoms with E-state index in [1.165, 1.54) is 6.07 Å². The molecule has 0 aliphatic carbocycles. The number of carbonyl (C=O) groups excluding carboxylic acids is 1. The molecule has 1 N–H and O–H groups in total. The zero-order valence-electron chi connectivity index (χ0n) is 9.88. The number of amides is 1. The van der Waals surface area contributed by atoms with Gasteiger partial charge in [0.25, 0.3) is 5.91 Å². The first-order chi connectivity index (χ1) is 8.97. The third kappa shape index (κ3) is 3.47. The number of hydrogen-bond acceptors (Lipinski definition) is 2. The fourth-order valence-corrected chi connectivity index (χ4v) is 2.23. The van der Waals surface area contributed by atoms with Crippen molar-refractivity contribution in [3.63, 3.8) is 0 Å². The molecule has 0 bridgehead atoms. The lowest BCUT2D eigenvalue weighted by molar-refractivity contribution is 0.102. The molecular weight excluding hydrogens is 351 g/mol. The first-order valence-electron chi connectivity index (χ1n) is 5.36. The number of carbonyl (C=O) groups is 1. The van der Waals surface area contributed by atoms with Crippen molar-refractivity contribution >= 4 is 50.9 Å². The molecule has 1 heterocycles. The minimum absolute atomic E-state index is 0.281. The number of rotatable bonds is 2. The molecule has 98 valence electrons. The molecule has 0 saturated carbocycles. The highest BCUT2D eigenvalue weighted by Crippen LogP contribution is 2.23. The van der Waals surface area contributed by atoms with Gasteiger partial charge in [0.15, 0.2) is 0 Å². The van der Waals surface area contributed by atoms with Crippen molar-refractivity contribution in [2.75, 3.05) is 5.32 Å². The van der Waals surface area contributed by atoms with Gasteiger partial charge in [-0.2, -0.15) is 0 Å². The average Bonchev–Trinajstić information content (AvgIpc) is 2.36. The van der Waals surface area contributed by atoms with Crippen LogP contribution in [-0.4, -0.2) is 10.9 Å². The van der Waals surface area contributed by atoms with Crippen molar-refractivity contribution in [3.05, 3.63) is 56.1 Å². The van der Waals surface area contributed by atoms with Crippen LogP contribution >= 0.6 is 39.1 Å². The van der Waals surface area contributed by atoms with Crippen LogP contribution in [0.3, 0.4) is 0 Å². The van der Waals surface area contributed by atoms with Gasteiger partial charge in [0.1, 0.15) is 5.82 Å². The van der Waals surface area contributed by atoms with E-state index >= 15 is 0 Å². The van der Waals surface area contributed by atoms with Gasteiger partial charge < -0.3 is 5.32 Å². The number of anilines is 1. The fourth-order valence-electron chi connectivity index (χ4n) is 1.49. The van der Waals surface area contributed by atoms with E-state index in [0.29, 0.717) is 21.4 Å². The van der Waals surface area contributed by atoms with E-state index in [4.69, 9.17) is 23.2 Å². The average molecular weight is 360 g/mol. The maximum atomic E-state index is 12.1. The number of nitrogens with one attached hydrogen (secondary N) is 1. The topological polar surface area (TPSA) is 42.0 Å². The largest absolute Gasteiger partial charge is 0.306 e. The predicted molar refractivity (Wildman–Crippen MR) is 81.1 cm³/mol. The standard InChI is InChI=1S/C13H9BrCl2N2O/c1-7-4-9(14)6-17-12(7)18-13(19)8-2-3-10(15)11(16)5-8/h2-6H,1H3,(H,17,18,19). The Kier molecular flexibility index (Phi) is 4.45. The zero-order chi connectivity index (χ0) is 14.0. The van der Waals surface area contributed by atoms with Crippen molar-refractivity contribution in [1.29, 1.82) is 0 Å². The van der Waals surface area contributed by atoms with Gasteiger partial charge in [-0.25, -0.2) is 4.98 Å². The van der Waals surface area contributed by atoms with Crippen LogP contribution in [0.15, 0.2) is 34.9 Å². The maximum Gasteiger partial charge on any atom is 0.256 e. The molecule has 0 radical (unpaired) electrons. The molecule has 1 aromatic heterocycles. The van der Waals surface area contributed by atoms with Crippen molar-refractivity contribution in [2.24, 2.45) is 0 Å². The van der Waals surface area contributed by atoms with Crippen molar-refractivity contribution < 1.29 is 4.79 Å². The van der Waals surface area contributed by atoms with Crippen LogP contribution < -0.4 is 5.32 Å². The Hall–Kier alpha value is -1.10. The smallest absolute Gasteiger partial charge is 0.256 e. The van der Waals surface area contributed by atoms with E-state index in [0.717, 1.165) is 10.0 Å². The van der Waals surface area contributed by atoms with Crippen molar-refractivity contribution in [3.8, 4) is 0 Å². The fraction of sp³-hybridized carbons (Fsp3) is 0.0769. The molecule has 19 heavy (non-hydrogen) atoms. The van der Waals surface area contributed by atoms with E-state index in [1.807, 2.05) is 13.0 Å². The third-order valence-corrected chi connectivity index (χ3v) is 3.63. The lowest BCUT2D eigenvalue weighted by atomic mass is 10.2. The number of aryl methyl sites for hydroxylation is 1. The Morgan fingerprint density at radius 3 is 2.63 bits per heavy atom. The van der Waals surface area contributed by atoms with Gasteiger partial charge in [-0.1, -0.05) is 23.2 Å². The van der Waals surface area contributed by atoms with Crippen LogP contribution in [0.1, 0.15) is 15.9 Å². The molecule has 0 spiro atoms. The molecule has 0 unspecified atom stereocenters. The van der Waals surface area contributed by atoms with E-state index in [1.54, 1.807) is 18.3 Å². The van der Waals surface area contributed by atoms with Gasteiger partial charge in [-0.15, -0.1) is 0 Å². The molecule has 1 amide bonds. The third-order valence-electron chi connectivity index (χ3n) is 2.46. The minimum Gasteiger partial charge on any atom is -0.306 e. The molecular formula is C13H9BrCl2N2O. The minimum atomic E-state index is -0.281. The van der Waals surface area contributed by atoms with Crippen LogP contribution in [0.2, 0.25) is 10.0 Å². The summed E-state index contributed by atoms with van der Waals surface area (Å²) in [6.07, 6.45) is 1.62. The highest BCUT2D eigenvalue weighted by Gasteiger charge is 2.10. The molecule has 0 aliphatic rings. The first kappa shape index (κ1) is 14.3. The Balaban J connectivity index is 2.23. The lowest BCUT2D eigenvalue weighted by Crippen LogP contribution is -2.13. The van der Waals surface area contributed by atoms with Gasteiger partial charge in [-0.3, -0.25) is 4.79 Å². The van der Waals surface area contributed by atoms with Gasteiger partial charge in [0, 0.05) is 16.2 Å². The molecule has 6 heteroatoms. The van der Waals surface area contributed by atoms with Crippen LogP contribution in [0.4, 0.5) is 5.82 Å². The molecule has 0 saturated heterocycles. The van der Waals surface area contributed by atoms with Crippen LogP contribution in [-0.2, 0) is 0 Å². The normalized spacial score (nSPS) is 10.3. The maximum absolute atomic E-state index is 12.1. The summed E-state index contributed by atoms with van der Waals surface area (Å²) in [4.78, 5) is 16.2. The summed E-state index contributed by atoms with van der Waals surface area (Å²) in [7, 11) is 0. The molecule has 2 aromatic rings. The summed E-state index contributed by atoms with van der Waals surface area (Å²) in [6.45, 7) is 1.86. The lowest BCUT2D eigenvalue weighted by Gasteiger charge is -2.08. The Morgan fingerprint density at radius 2 is 2.00 bits per heavy atom. The Labute approximate surface area is 129 Å². The molecule has 0 aliphatic heterocycles. The molecule has 0 atom stereocenters. The van der Waals surface area contributed by atoms with E-state index in [2.05, 4.69) is 26.2 Å². The zero-order valence-corrected chi connectivity index (χ0v) is 13.0. The Morgan fingerprint density at radius 1 is 1.26 bits per heavy atom. The number of hydrogen-bond donors (Lipinski definition) is 1. The van der Waals surface area contributed by atoms with Gasteiger partial charge in [-0.05, 0) is 52.7 Å². The van der Waals surface area contributed by atoms with E-state index < -0.39 is 0 Å². The van der Waals surface area contributed by atoms with Crippen molar-refractivity contribution in [1.82, 2.24) is 4.98 Å². The second-order valence-corrected chi connectivity index (χ2v) is 5.63. The van der Waals surface area contributed by atoms with E-state index in [9.17, 15) is 4.79 Å². The summed E-state index contributed by atoms with van der Waals surface area (Å²) in [6, 6.07) is 6.59. The highest BCUT2D eigenvalue weighted by atomic mass is 79.9. The number of aromatic nitrogens is 1. The van der Waals surface area contributed by atoms with Crippen LogP contribution in [0, 0.1) is 6.92 Å². The number of pyridine rings is 1. The monoisotopic (exact) mass is 358 g/mol. The van der Waals surface area contributed by atoms with Crippen LogP contribution in [0.5, 0.6) is 0 Å². The summed E-state index contributed by atoms with van der Waals surface area (Å²) >= 11 is 15.0. The highest BCUT2D eigenvalue weighted by molar-refractivity contribution is 9.10. The summed E-state index contributed by atoms with van der Waals surface area (Å²) in [5.74, 6) is 0.232. The number of nitrogens with zero attached hydrogens (tertiary/aromatic N) is 1.